The maximum atomic E-state index is 10.7. The summed E-state index contributed by atoms with van der Waals surface area (Å²) in [5.41, 5.74) is -0.571. The molecule has 0 bridgehead atoms. The lowest BCUT2D eigenvalue weighted by atomic mass is 9.85. The van der Waals surface area contributed by atoms with Gasteiger partial charge in [0.25, 0.3) is 0 Å². The zero-order valence-electron chi connectivity index (χ0n) is 15.4. The third-order valence-corrected chi connectivity index (χ3v) is 4.94. The first kappa shape index (κ1) is 18.5. The molecule has 1 aliphatic heterocycles. The maximum absolute atomic E-state index is 10.7. The molecule has 2 rings (SSSR count). The monoisotopic (exact) mass is 324 g/mol. The first-order chi connectivity index (χ1) is 11.0. The van der Waals surface area contributed by atoms with Crippen LogP contribution in [0.15, 0.2) is 4.99 Å². The van der Waals surface area contributed by atoms with Crippen molar-refractivity contribution in [2.24, 2.45) is 10.9 Å². The summed E-state index contributed by atoms with van der Waals surface area (Å²) in [6, 6.07) is 0. The third kappa shape index (κ3) is 5.96. The molecule has 1 aliphatic carbocycles. The topological polar surface area (TPSA) is 51.1 Å². The van der Waals surface area contributed by atoms with Crippen molar-refractivity contribution in [2.45, 2.75) is 58.5 Å². The fourth-order valence-corrected chi connectivity index (χ4v) is 3.67. The van der Waals surface area contributed by atoms with Gasteiger partial charge in [0.15, 0.2) is 5.96 Å². The van der Waals surface area contributed by atoms with Crippen molar-refractivity contribution in [3.63, 3.8) is 0 Å². The summed E-state index contributed by atoms with van der Waals surface area (Å²) < 4.78 is 0. The molecule has 1 saturated carbocycles. The summed E-state index contributed by atoms with van der Waals surface area (Å²) in [4.78, 5) is 9.68. The van der Waals surface area contributed by atoms with Gasteiger partial charge in [-0.05, 0) is 25.7 Å². The summed E-state index contributed by atoms with van der Waals surface area (Å²) in [6.07, 6.45) is 5.33. The predicted octanol–water partition coefficient (Wildman–Crippen LogP) is 1.92. The van der Waals surface area contributed by atoms with Gasteiger partial charge in [-0.2, -0.15) is 0 Å². The SMILES string of the molecule is CCNC(=NCC1(O)CCCCC1)N1CCN(CC(C)C)CC1. The molecule has 0 spiro atoms. The van der Waals surface area contributed by atoms with Crippen LogP contribution in [0.25, 0.3) is 0 Å². The van der Waals surface area contributed by atoms with Crippen molar-refractivity contribution in [2.75, 3.05) is 45.8 Å². The van der Waals surface area contributed by atoms with Crippen LogP contribution in [-0.4, -0.2) is 72.3 Å². The Morgan fingerprint density at radius 2 is 1.78 bits per heavy atom. The van der Waals surface area contributed by atoms with Crippen LogP contribution in [0.1, 0.15) is 52.9 Å². The van der Waals surface area contributed by atoms with E-state index in [0.29, 0.717) is 6.54 Å². The molecule has 0 radical (unpaired) electrons. The van der Waals surface area contributed by atoms with Gasteiger partial charge in [-0.3, -0.25) is 9.89 Å². The summed E-state index contributed by atoms with van der Waals surface area (Å²) in [7, 11) is 0. The third-order valence-electron chi connectivity index (χ3n) is 4.94. The van der Waals surface area contributed by atoms with Crippen molar-refractivity contribution >= 4 is 5.96 Å². The van der Waals surface area contributed by atoms with Gasteiger partial charge in [0.2, 0.25) is 0 Å². The standard InChI is InChI=1S/C18H36N4O/c1-4-19-17(20-15-18(23)8-6-5-7-9-18)22-12-10-21(11-13-22)14-16(2)3/h16,23H,4-15H2,1-3H3,(H,19,20). The lowest BCUT2D eigenvalue weighted by Crippen LogP contribution is -2.53. The number of nitrogens with zero attached hydrogens (tertiary/aromatic N) is 3. The Morgan fingerprint density at radius 1 is 1.13 bits per heavy atom. The molecule has 0 atom stereocenters. The molecule has 1 saturated heterocycles. The molecule has 5 nitrogen and oxygen atoms in total. The lowest BCUT2D eigenvalue weighted by molar-refractivity contribution is 0.0128. The highest BCUT2D eigenvalue weighted by Gasteiger charge is 2.29. The smallest absolute Gasteiger partial charge is 0.194 e. The minimum Gasteiger partial charge on any atom is -0.388 e. The molecule has 0 aromatic carbocycles. The summed E-state index contributed by atoms with van der Waals surface area (Å²) in [5.74, 6) is 1.71. The number of hydrogen-bond acceptors (Lipinski definition) is 3. The van der Waals surface area contributed by atoms with Crippen LogP contribution < -0.4 is 5.32 Å². The molecule has 2 fully saturated rings. The molecular weight excluding hydrogens is 288 g/mol. The molecule has 134 valence electrons. The van der Waals surface area contributed by atoms with E-state index in [1.165, 1.54) is 13.0 Å². The van der Waals surface area contributed by atoms with E-state index in [0.717, 1.165) is 70.3 Å². The highest BCUT2D eigenvalue weighted by Crippen LogP contribution is 2.28. The van der Waals surface area contributed by atoms with Gasteiger partial charge in [0.1, 0.15) is 0 Å². The molecule has 0 aromatic heterocycles. The van der Waals surface area contributed by atoms with Crippen LogP contribution in [0.3, 0.4) is 0 Å². The first-order valence-electron chi connectivity index (χ1n) is 9.50. The number of piperazine rings is 1. The second-order valence-electron chi connectivity index (χ2n) is 7.64. The van der Waals surface area contributed by atoms with Gasteiger partial charge in [-0.25, -0.2) is 0 Å². The zero-order valence-corrected chi connectivity index (χ0v) is 15.4. The molecule has 5 heteroatoms. The Kier molecular flexibility index (Phi) is 7.15. The van der Waals surface area contributed by atoms with Crippen molar-refractivity contribution in [1.82, 2.24) is 15.1 Å². The predicted molar refractivity (Wildman–Crippen MR) is 96.9 cm³/mol. The Balaban J connectivity index is 1.89. The summed E-state index contributed by atoms with van der Waals surface area (Å²) in [6.45, 7) is 13.5. The van der Waals surface area contributed by atoms with Gasteiger partial charge in [0, 0.05) is 39.3 Å². The van der Waals surface area contributed by atoms with E-state index in [1.807, 2.05) is 0 Å². The van der Waals surface area contributed by atoms with Gasteiger partial charge in [0.05, 0.1) is 12.1 Å². The van der Waals surface area contributed by atoms with Crippen LogP contribution in [0, 0.1) is 5.92 Å². The van der Waals surface area contributed by atoms with E-state index in [4.69, 9.17) is 4.99 Å². The second-order valence-corrected chi connectivity index (χ2v) is 7.64. The Morgan fingerprint density at radius 3 is 2.35 bits per heavy atom. The zero-order chi connectivity index (χ0) is 16.7. The molecule has 2 aliphatic rings. The minimum atomic E-state index is -0.571. The van der Waals surface area contributed by atoms with Crippen LogP contribution in [0.2, 0.25) is 0 Å². The number of nitrogens with one attached hydrogen (secondary N) is 1. The fraction of sp³-hybridized carbons (Fsp3) is 0.944. The molecular formula is C18H36N4O. The molecule has 1 heterocycles. The molecule has 2 N–H and O–H groups in total. The number of guanidine groups is 1. The van der Waals surface area contributed by atoms with Crippen molar-refractivity contribution in [1.29, 1.82) is 0 Å². The van der Waals surface area contributed by atoms with E-state index >= 15 is 0 Å². The second kappa shape index (κ2) is 8.88. The number of hydrogen-bond donors (Lipinski definition) is 2. The Hall–Kier alpha value is -0.810. The fourth-order valence-electron chi connectivity index (χ4n) is 3.67. The summed E-state index contributed by atoms with van der Waals surface area (Å²) >= 11 is 0. The lowest BCUT2D eigenvalue weighted by Gasteiger charge is -2.38. The average molecular weight is 325 g/mol. The van der Waals surface area contributed by atoms with Crippen LogP contribution in [0.5, 0.6) is 0 Å². The largest absolute Gasteiger partial charge is 0.388 e. The normalized spacial score (nSPS) is 23.3. The van der Waals surface area contributed by atoms with Gasteiger partial charge >= 0.3 is 0 Å². The molecule has 0 aromatic rings. The van der Waals surface area contributed by atoms with Crippen LogP contribution >= 0.6 is 0 Å². The molecule has 0 unspecified atom stereocenters. The number of aliphatic hydroxyl groups is 1. The first-order valence-corrected chi connectivity index (χ1v) is 9.50. The average Bonchev–Trinajstić information content (AvgIpc) is 2.52. The van der Waals surface area contributed by atoms with E-state index in [2.05, 4.69) is 35.9 Å². The van der Waals surface area contributed by atoms with Crippen molar-refractivity contribution < 1.29 is 5.11 Å². The van der Waals surface area contributed by atoms with Crippen LogP contribution in [0.4, 0.5) is 0 Å². The maximum Gasteiger partial charge on any atom is 0.194 e. The number of rotatable bonds is 5. The highest BCUT2D eigenvalue weighted by atomic mass is 16.3. The number of aliphatic imine (C=N–C) groups is 1. The Bertz CT molecular complexity index is 369. The molecule has 0 amide bonds. The van der Waals surface area contributed by atoms with E-state index in [1.54, 1.807) is 0 Å². The quantitative estimate of drug-likeness (QED) is 0.599. The van der Waals surface area contributed by atoms with Crippen molar-refractivity contribution in [3.8, 4) is 0 Å². The van der Waals surface area contributed by atoms with Gasteiger partial charge in [-0.1, -0.05) is 33.1 Å². The van der Waals surface area contributed by atoms with Gasteiger partial charge < -0.3 is 15.3 Å². The van der Waals surface area contributed by atoms with Crippen molar-refractivity contribution in [3.05, 3.63) is 0 Å². The Labute approximate surface area is 142 Å². The van der Waals surface area contributed by atoms with E-state index in [-0.39, 0.29) is 0 Å². The summed E-state index contributed by atoms with van der Waals surface area (Å²) in [5, 5.41) is 14.1. The van der Waals surface area contributed by atoms with E-state index in [9.17, 15) is 5.11 Å². The molecule has 23 heavy (non-hydrogen) atoms. The minimum absolute atomic E-state index is 0.543. The van der Waals surface area contributed by atoms with E-state index < -0.39 is 5.60 Å². The van der Waals surface area contributed by atoms with Gasteiger partial charge in [-0.15, -0.1) is 0 Å². The van der Waals surface area contributed by atoms with Crippen LogP contribution in [-0.2, 0) is 0 Å². The highest BCUT2D eigenvalue weighted by molar-refractivity contribution is 5.80.